The summed E-state index contributed by atoms with van der Waals surface area (Å²) in [5.41, 5.74) is 0. The molecule has 0 amide bonds. The summed E-state index contributed by atoms with van der Waals surface area (Å²) in [5.74, 6) is 0. The number of methoxy groups -OCH3 is 1. The number of nitrogens with one attached hydrogen (secondary N) is 1. The van der Waals surface area contributed by atoms with Gasteiger partial charge in [-0.2, -0.15) is 5.10 Å². The van der Waals surface area contributed by atoms with E-state index < -0.39 is 16.1 Å². The lowest BCUT2D eigenvalue weighted by molar-refractivity contribution is 0.139. The molecule has 1 heterocycles. The van der Waals surface area contributed by atoms with Gasteiger partial charge in [-0.1, -0.05) is 0 Å². The number of sulfonamides is 1. The van der Waals surface area contributed by atoms with Crippen molar-refractivity contribution in [3.63, 3.8) is 0 Å². The lowest BCUT2D eigenvalue weighted by atomic mass is 10.4. The summed E-state index contributed by atoms with van der Waals surface area (Å²) in [5, 5.41) is 12.8. The second-order valence-electron chi connectivity index (χ2n) is 3.25. The van der Waals surface area contributed by atoms with Gasteiger partial charge >= 0.3 is 0 Å². The van der Waals surface area contributed by atoms with E-state index in [4.69, 9.17) is 9.84 Å². The van der Waals surface area contributed by atoms with Gasteiger partial charge in [0, 0.05) is 14.2 Å². The topological polar surface area (TPSA) is 93.4 Å². The van der Waals surface area contributed by atoms with Gasteiger partial charge in [0.2, 0.25) is 0 Å². The maximum absolute atomic E-state index is 11.8. The Hall–Kier alpha value is -0.960. The van der Waals surface area contributed by atoms with Crippen LogP contribution in [0.15, 0.2) is 17.3 Å². The number of aromatic nitrogens is 2. The molecule has 16 heavy (non-hydrogen) atoms. The quantitative estimate of drug-likeness (QED) is 0.654. The van der Waals surface area contributed by atoms with Crippen LogP contribution in [0.4, 0.5) is 0 Å². The number of hydrogen-bond acceptors (Lipinski definition) is 5. The summed E-state index contributed by atoms with van der Waals surface area (Å²) in [6, 6.07) is 0.716. The standard InChI is InChI=1S/C8H15N3O4S/c1-11-8(3-4-9-11)16(13,14)10-7(5-12)6-15-2/h3-4,7,10,12H,5-6H2,1-2H3. The largest absolute Gasteiger partial charge is 0.395 e. The molecule has 0 radical (unpaired) electrons. The van der Waals surface area contributed by atoms with E-state index in [2.05, 4.69) is 9.82 Å². The van der Waals surface area contributed by atoms with E-state index >= 15 is 0 Å². The average Bonchev–Trinajstić information content (AvgIpc) is 2.64. The van der Waals surface area contributed by atoms with Crippen LogP contribution in [0.3, 0.4) is 0 Å². The van der Waals surface area contributed by atoms with E-state index in [0.29, 0.717) is 0 Å². The lowest BCUT2D eigenvalue weighted by Crippen LogP contribution is -2.41. The van der Waals surface area contributed by atoms with Crippen LogP contribution in [0.1, 0.15) is 0 Å². The van der Waals surface area contributed by atoms with Crippen LogP contribution < -0.4 is 4.72 Å². The van der Waals surface area contributed by atoms with Crippen molar-refractivity contribution < 1.29 is 18.3 Å². The number of aryl methyl sites for hydroxylation is 1. The first-order valence-electron chi connectivity index (χ1n) is 4.61. The second kappa shape index (κ2) is 5.39. The number of nitrogens with zero attached hydrogens (tertiary/aromatic N) is 2. The fraction of sp³-hybridized carbons (Fsp3) is 0.625. The highest BCUT2D eigenvalue weighted by atomic mass is 32.2. The molecule has 0 aliphatic heterocycles. The van der Waals surface area contributed by atoms with Gasteiger partial charge < -0.3 is 9.84 Å². The van der Waals surface area contributed by atoms with E-state index in [1.54, 1.807) is 0 Å². The van der Waals surface area contributed by atoms with Crippen LogP contribution in [0.25, 0.3) is 0 Å². The zero-order valence-electron chi connectivity index (χ0n) is 9.12. The van der Waals surface area contributed by atoms with Crippen LogP contribution in [-0.4, -0.2) is 49.7 Å². The minimum absolute atomic E-state index is 0.0436. The van der Waals surface area contributed by atoms with Crippen LogP contribution in [0, 0.1) is 0 Å². The zero-order chi connectivity index (χ0) is 12.2. The van der Waals surface area contributed by atoms with Gasteiger partial charge in [-0.25, -0.2) is 13.1 Å². The van der Waals surface area contributed by atoms with Crippen molar-refractivity contribution in [1.29, 1.82) is 0 Å². The first-order valence-corrected chi connectivity index (χ1v) is 6.09. The molecular formula is C8H15N3O4S. The van der Waals surface area contributed by atoms with Crippen LogP contribution in [0.5, 0.6) is 0 Å². The van der Waals surface area contributed by atoms with Crippen molar-refractivity contribution in [2.24, 2.45) is 7.05 Å². The van der Waals surface area contributed by atoms with Crippen molar-refractivity contribution in [2.75, 3.05) is 20.3 Å². The summed E-state index contributed by atoms with van der Waals surface area (Å²) in [4.78, 5) is 0. The molecule has 0 bridgehead atoms. The zero-order valence-corrected chi connectivity index (χ0v) is 9.94. The van der Waals surface area contributed by atoms with Crippen molar-refractivity contribution >= 4 is 10.0 Å². The Morgan fingerprint density at radius 3 is 2.81 bits per heavy atom. The van der Waals surface area contributed by atoms with Gasteiger partial charge in [0.1, 0.15) is 0 Å². The van der Waals surface area contributed by atoms with Crippen molar-refractivity contribution in [3.05, 3.63) is 12.3 Å². The smallest absolute Gasteiger partial charge is 0.258 e. The molecule has 1 aromatic rings. The molecule has 0 aliphatic carbocycles. The fourth-order valence-electron chi connectivity index (χ4n) is 1.23. The molecule has 0 aliphatic rings. The van der Waals surface area contributed by atoms with Crippen LogP contribution >= 0.6 is 0 Å². The Kier molecular flexibility index (Phi) is 4.42. The van der Waals surface area contributed by atoms with Gasteiger partial charge in [-0.15, -0.1) is 0 Å². The molecule has 0 aromatic carbocycles. The molecule has 1 rings (SSSR count). The van der Waals surface area contributed by atoms with Gasteiger partial charge in [-0.05, 0) is 6.07 Å². The summed E-state index contributed by atoms with van der Waals surface area (Å²) in [6.45, 7) is -0.224. The Balaban J connectivity index is 2.83. The Labute approximate surface area is 94.1 Å². The summed E-state index contributed by atoms with van der Waals surface area (Å²) in [7, 11) is -0.712. The van der Waals surface area contributed by atoms with E-state index in [-0.39, 0.29) is 18.2 Å². The van der Waals surface area contributed by atoms with Crippen molar-refractivity contribution in [1.82, 2.24) is 14.5 Å². The summed E-state index contributed by atoms with van der Waals surface area (Å²) >= 11 is 0. The second-order valence-corrected chi connectivity index (χ2v) is 4.91. The predicted octanol–water partition coefficient (Wildman–Crippen LogP) is -1.29. The van der Waals surface area contributed by atoms with Crippen LogP contribution in [0.2, 0.25) is 0 Å². The number of ether oxygens (including phenoxy) is 1. The molecule has 92 valence electrons. The highest BCUT2D eigenvalue weighted by Gasteiger charge is 2.22. The van der Waals surface area contributed by atoms with Gasteiger partial charge in [0.25, 0.3) is 10.0 Å². The Bertz CT molecular complexity index is 428. The third-order valence-electron chi connectivity index (χ3n) is 1.96. The lowest BCUT2D eigenvalue weighted by Gasteiger charge is -2.15. The molecule has 7 nitrogen and oxygen atoms in total. The molecule has 1 aromatic heterocycles. The summed E-state index contributed by atoms with van der Waals surface area (Å²) in [6.07, 6.45) is 1.39. The monoisotopic (exact) mass is 249 g/mol. The van der Waals surface area contributed by atoms with Gasteiger partial charge in [-0.3, -0.25) is 4.68 Å². The molecule has 0 saturated heterocycles. The average molecular weight is 249 g/mol. The molecule has 0 spiro atoms. The van der Waals surface area contributed by atoms with E-state index in [1.807, 2.05) is 0 Å². The first-order chi connectivity index (χ1) is 7.51. The molecule has 2 N–H and O–H groups in total. The molecule has 1 unspecified atom stereocenters. The minimum atomic E-state index is -3.67. The van der Waals surface area contributed by atoms with Gasteiger partial charge in [0.05, 0.1) is 25.5 Å². The third-order valence-corrected chi connectivity index (χ3v) is 3.56. The maximum atomic E-state index is 11.8. The molecule has 0 fully saturated rings. The third kappa shape index (κ3) is 3.01. The fourth-order valence-corrected chi connectivity index (χ4v) is 2.57. The molecule has 0 saturated carbocycles. The van der Waals surface area contributed by atoms with E-state index in [1.165, 1.54) is 31.1 Å². The highest BCUT2D eigenvalue weighted by molar-refractivity contribution is 7.89. The van der Waals surface area contributed by atoms with Crippen molar-refractivity contribution in [2.45, 2.75) is 11.1 Å². The summed E-state index contributed by atoms with van der Waals surface area (Å²) < 4.78 is 32.0. The number of aliphatic hydroxyl groups is 1. The SMILES string of the molecule is COCC(CO)NS(=O)(=O)c1ccnn1C. The van der Waals surface area contributed by atoms with Crippen LogP contribution in [-0.2, 0) is 21.8 Å². The Morgan fingerprint density at radius 2 is 2.38 bits per heavy atom. The number of hydrogen-bond donors (Lipinski definition) is 2. The first kappa shape index (κ1) is 13.1. The van der Waals surface area contributed by atoms with Gasteiger partial charge in [0.15, 0.2) is 5.03 Å². The van der Waals surface area contributed by atoms with E-state index in [9.17, 15) is 8.42 Å². The number of aliphatic hydroxyl groups excluding tert-OH is 1. The molecule has 1 atom stereocenters. The molecular weight excluding hydrogens is 234 g/mol. The predicted molar refractivity (Wildman–Crippen MR) is 56.3 cm³/mol. The molecule has 8 heteroatoms. The van der Waals surface area contributed by atoms with E-state index in [0.717, 1.165) is 0 Å². The highest BCUT2D eigenvalue weighted by Crippen LogP contribution is 2.06. The minimum Gasteiger partial charge on any atom is -0.395 e. The van der Waals surface area contributed by atoms with Crippen molar-refractivity contribution in [3.8, 4) is 0 Å². The maximum Gasteiger partial charge on any atom is 0.258 e. The Morgan fingerprint density at radius 1 is 1.69 bits per heavy atom. The normalized spacial score (nSPS) is 13.9. The number of rotatable bonds is 6.